The van der Waals surface area contributed by atoms with Gasteiger partial charge in [0.15, 0.2) is 5.96 Å². The van der Waals surface area contributed by atoms with Gasteiger partial charge in [-0.25, -0.2) is 4.98 Å². The maximum absolute atomic E-state index is 11.5. The Morgan fingerprint density at radius 3 is 2.72 bits per heavy atom. The van der Waals surface area contributed by atoms with E-state index in [1.54, 1.807) is 18.4 Å². The molecule has 0 atom stereocenters. The Hall–Kier alpha value is -0.900. The number of carbonyl (C=O) groups is 1. The zero-order valence-corrected chi connectivity index (χ0v) is 18.5. The number of amides is 1. The highest BCUT2D eigenvalue weighted by Gasteiger charge is 2.22. The molecule has 1 amide bonds. The SMILES string of the molecule is CCc1cnc(CCNC(=NC)N2CCC(CC(=O)NC)CC2)s1.I. The number of hydrogen-bond donors (Lipinski definition) is 2. The van der Waals surface area contributed by atoms with Gasteiger partial charge in [0, 0.05) is 57.6 Å². The van der Waals surface area contributed by atoms with Crippen LogP contribution in [0.5, 0.6) is 0 Å². The topological polar surface area (TPSA) is 69.6 Å². The number of likely N-dealkylation sites (tertiary alicyclic amines) is 1. The Labute approximate surface area is 171 Å². The largest absolute Gasteiger partial charge is 0.359 e. The van der Waals surface area contributed by atoms with Crippen molar-refractivity contribution in [2.75, 3.05) is 33.7 Å². The van der Waals surface area contributed by atoms with Gasteiger partial charge in [-0.3, -0.25) is 9.79 Å². The molecule has 0 radical (unpaired) electrons. The summed E-state index contributed by atoms with van der Waals surface area (Å²) >= 11 is 1.79. The first-order valence-electron chi connectivity index (χ1n) is 8.76. The smallest absolute Gasteiger partial charge is 0.220 e. The average Bonchev–Trinajstić information content (AvgIpc) is 3.07. The minimum absolute atomic E-state index is 0. The molecule has 25 heavy (non-hydrogen) atoms. The third-order valence-corrected chi connectivity index (χ3v) is 5.65. The fourth-order valence-electron chi connectivity index (χ4n) is 2.95. The van der Waals surface area contributed by atoms with Gasteiger partial charge >= 0.3 is 0 Å². The highest BCUT2D eigenvalue weighted by atomic mass is 127. The molecular weight excluding hydrogens is 449 g/mol. The molecule has 1 fully saturated rings. The number of thiazole rings is 1. The van der Waals surface area contributed by atoms with E-state index < -0.39 is 0 Å². The Bertz CT molecular complexity index is 555. The van der Waals surface area contributed by atoms with E-state index in [1.165, 1.54) is 9.88 Å². The lowest BCUT2D eigenvalue weighted by Crippen LogP contribution is -2.46. The Morgan fingerprint density at radius 2 is 2.16 bits per heavy atom. The van der Waals surface area contributed by atoms with Crippen LogP contribution >= 0.6 is 35.3 Å². The maximum atomic E-state index is 11.5. The second-order valence-corrected chi connectivity index (χ2v) is 7.31. The van der Waals surface area contributed by atoms with E-state index in [2.05, 4.69) is 32.4 Å². The normalized spacial score (nSPS) is 15.6. The number of nitrogens with one attached hydrogen (secondary N) is 2. The molecule has 0 saturated carbocycles. The first-order valence-corrected chi connectivity index (χ1v) is 9.57. The number of carbonyl (C=O) groups excluding carboxylic acids is 1. The summed E-state index contributed by atoms with van der Waals surface area (Å²) in [5, 5.41) is 7.34. The van der Waals surface area contributed by atoms with Gasteiger partial charge < -0.3 is 15.5 Å². The number of aryl methyl sites for hydroxylation is 1. The molecule has 2 rings (SSSR count). The van der Waals surface area contributed by atoms with Crippen molar-refractivity contribution in [2.45, 2.75) is 39.0 Å². The predicted molar refractivity (Wildman–Crippen MR) is 115 cm³/mol. The van der Waals surface area contributed by atoms with Crippen molar-refractivity contribution in [2.24, 2.45) is 10.9 Å². The van der Waals surface area contributed by atoms with Crippen molar-refractivity contribution in [1.29, 1.82) is 0 Å². The van der Waals surface area contributed by atoms with Crippen molar-refractivity contribution in [1.82, 2.24) is 20.5 Å². The molecule has 0 spiro atoms. The van der Waals surface area contributed by atoms with Crippen molar-refractivity contribution in [3.8, 4) is 0 Å². The quantitative estimate of drug-likeness (QED) is 0.373. The summed E-state index contributed by atoms with van der Waals surface area (Å²) in [5.41, 5.74) is 0. The summed E-state index contributed by atoms with van der Waals surface area (Å²) in [6.07, 6.45) is 6.68. The molecule has 0 unspecified atom stereocenters. The number of aliphatic imine (C=N–C) groups is 1. The van der Waals surface area contributed by atoms with Crippen LogP contribution in [-0.4, -0.2) is 55.5 Å². The number of piperidine rings is 1. The van der Waals surface area contributed by atoms with Crippen LogP contribution in [0, 0.1) is 5.92 Å². The standard InChI is InChI=1S/C17H29N5OS.HI/c1-4-14-12-21-16(24-14)5-8-20-17(19-3)22-9-6-13(7-10-22)11-15(23)18-2;/h12-13H,4-11H2,1-3H3,(H,18,23)(H,19,20);1H. The molecule has 2 N–H and O–H groups in total. The summed E-state index contributed by atoms with van der Waals surface area (Å²) in [5.74, 6) is 1.59. The van der Waals surface area contributed by atoms with Crippen molar-refractivity contribution in [3.63, 3.8) is 0 Å². The van der Waals surface area contributed by atoms with E-state index in [0.29, 0.717) is 12.3 Å². The van der Waals surface area contributed by atoms with Crippen molar-refractivity contribution < 1.29 is 4.79 Å². The summed E-state index contributed by atoms with van der Waals surface area (Å²) in [6.45, 7) is 4.92. The Balaban J connectivity index is 0.00000312. The number of aromatic nitrogens is 1. The lowest BCUT2D eigenvalue weighted by molar-refractivity contribution is -0.121. The van der Waals surface area contributed by atoms with Crippen LogP contribution < -0.4 is 10.6 Å². The van der Waals surface area contributed by atoms with Crippen LogP contribution in [0.4, 0.5) is 0 Å². The zero-order chi connectivity index (χ0) is 17.4. The molecule has 0 bridgehead atoms. The average molecular weight is 479 g/mol. The molecule has 1 aliphatic heterocycles. The van der Waals surface area contributed by atoms with Gasteiger partial charge in [-0.2, -0.15) is 0 Å². The van der Waals surface area contributed by atoms with E-state index >= 15 is 0 Å². The zero-order valence-electron chi connectivity index (χ0n) is 15.4. The number of guanidine groups is 1. The van der Waals surface area contributed by atoms with Crippen LogP contribution in [0.2, 0.25) is 0 Å². The summed E-state index contributed by atoms with van der Waals surface area (Å²) in [4.78, 5) is 24.0. The molecule has 1 aromatic rings. The number of hydrogen-bond acceptors (Lipinski definition) is 4. The lowest BCUT2D eigenvalue weighted by Gasteiger charge is -2.34. The molecule has 1 saturated heterocycles. The van der Waals surface area contributed by atoms with Crippen LogP contribution in [0.25, 0.3) is 0 Å². The van der Waals surface area contributed by atoms with Crippen LogP contribution in [-0.2, 0) is 17.6 Å². The van der Waals surface area contributed by atoms with Gasteiger partial charge in [0.05, 0.1) is 5.01 Å². The van der Waals surface area contributed by atoms with E-state index in [9.17, 15) is 4.79 Å². The van der Waals surface area contributed by atoms with Gasteiger partial charge in [0.2, 0.25) is 5.91 Å². The van der Waals surface area contributed by atoms with E-state index in [0.717, 1.165) is 51.3 Å². The van der Waals surface area contributed by atoms with E-state index in [4.69, 9.17) is 0 Å². The van der Waals surface area contributed by atoms with Gasteiger partial charge in [-0.1, -0.05) is 6.92 Å². The van der Waals surface area contributed by atoms with Gasteiger partial charge in [-0.05, 0) is 25.2 Å². The summed E-state index contributed by atoms with van der Waals surface area (Å²) in [6, 6.07) is 0. The lowest BCUT2D eigenvalue weighted by atomic mass is 9.93. The molecule has 2 heterocycles. The third kappa shape index (κ3) is 7.08. The Kier molecular flexibility index (Phi) is 10.3. The Morgan fingerprint density at radius 1 is 1.44 bits per heavy atom. The molecule has 1 aliphatic rings. The number of nitrogens with zero attached hydrogens (tertiary/aromatic N) is 3. The molecule has 6 nitrogen and oxygen atoms in total. The van der Waals surface area contributed by atoms with Crippen LogP contribution in [0.3, 0.4) is 0 Å². The maximum Gasteiger partial charge on any atom is 0.220 e. The molecule has 1 aromatic heterocycles. The van der Waals surface area contributed by atoms with E-state index in [-0.39, 0.29) is 29.9 Å². The molecule has 0 aliphatic carbocycles. The fraction of sp³-hybridized carbons (Fsp3) is 0.706. The third-order valence-electron chi connectivity index (χ3n) is 4.45. The highest BCUT2D eigenvalue weighted by molar-refractivity contribution is 14.0. The first kappa shape index (κ1) is 22.1. The predicted octanol–water partition coefficient (Wildman–Crippen LogP) is 2.29. The molecule has 142 valence electrons. The van der Waals surface area contributed by atoms with Crippen molar-refractivity contribution >= 4 is 47.2 Å². The summed E-state index contributed by atoms with van der Waals surface area (Å²) in [7, 11) is 3.53. The van der Waals surface area contributed by atoms with Crippen LogP contribution in [0.15, 0.2) is 11.2 Å². The second kappa shape index (κ2) is 11.7. The molecule has 0 aromatic carbocycles. The molecule has 8 heteroatoms. The highest BCUT2D eigenvalue weighted by Crippen LogP contribution is 2.20. The monoisotopic (exact) mass is 479 g/mol. The van der Waals surface area contributed by atoms with Crippen molar-refractivity contribution in [3.05, 3.63) is 16.1 Å². The van der Waals surface area contributed by atoms with Gasteiger partial charge in [-0.15, -0.1) is 35.3 Å². The minimum atomic E-state index is 0. The van der Waals surface area contributed by atoms with Gasteiger partial charge in [0.25, 0.3) is 0 Å². The van der Waals surface area contributed by atoms with E-state index in [1.807, 2.05) is 13.2 Å². The fourth-order valence-corrected chi connectivity index (χ4v) is 3.82. The number of halogens is 1. The summed E-state index contributed by atoms with van der Waals surface area (Å²) < 4.78 is 0. The van der Waals surface area contributed by atoms with Gasteiger partial charge in [0.1, 0.15) is 0 Å². The first-order chi connectivity index (χ1) is 11.7. The number of rotatable bonds is 6. The molecular formula is C17H30IN5OS. The van der Waals surface area contributed by atoms with Crippen LogP contribution in [0.1, 0.15) is 36.1 Å². The minimum Gasteiger partial charge on any atom is -0.359 e. The second-order valence-electron chi connectivity index (χ2n) is 6.11.